The highest BCUT2D eigenvalue weighted by Crippen LogP contribution is 2.26. The van der Waals surface area contributed by atoms with Gasteiger partial charge in [-0.1, -0.05) is 42.5 Å². The van der Waals surface area contributed by atoms with E-state index in [0.29, 0.717) is 0 Å². The maximum absolute atomic E-state index is 4.48. The molecule has 0 unspecified atom stereocenters. The number of hydrogen-bond donors (Lipinski definition) is 1. The molecule has 0 radical (unpaired) electrons. The summed E-state index contributed by atoms with van der Waals surface area (Å²) in [5, 5.41) is 2.35. The van der Waals surface area contributed by atoms with Crippen molar-refractivity contribution in [3.63, 3.8) is 0 Å². The number of fused-ring (bicyclic) bond motifs is 1. The Balaban J connectivity index is 1.82. The lowest BCUT2D eigenvalue weighted by Crippen LogP contribution is -1.91. The molecular weight excluding hydrogens is 260 g/mol. The average Bonchev–Trinajstić information content (AvgIpc) is 3.09. The monoisotopic (exact) mass is 272 g/mol. The van der Waals surface area contributed by atoms with Crippen LogP contribution in [0.2, 0.25) is 0 Å². The van der Waals surface area contributed by atoms with E-state index < -0.39 is 0 Å². The van der Waals surface area contributed by atoms with Crippen molar-refractivity contribution in [2.45, 2.75) is 0 Å². The van der Waals surface area contributed by atoms with Gasteiger partial charge in [0.2, 0.25) is 0 Å². The van der Waals surface area contributed by atoms with Crippen LogP contribution in [0.15, 0.2) is 67.3 Å². The lowest BCUT2D eigenvalue weighted by Gasteiger charge is -2.05. The van der Waals surface area contributed by atoms with Gasteiger partial charge in [0.25, 0.3) is 0 Å². The van der Waals surface area contributed by atoms with Crippen molar-refractivity contribution in [1.82, 2.24) is 19.9 Å². The first-order chi connectivity index (χ1) is 10.4. The second-order valence-corrected chi connectivity index (χ2v) is 4.76. The van der Waals surface area contributed by atoms with E-state index in [2.05, 4.69) is 38.1 Å². The zero-order chi connectivity index (χ0) is 14.1. The number of benzene rings is 2. The average molecular weight is 272 g/mol. The fraction of sp³-hybridized carbons (Fsp3) is 0. The zero-order valence-corrected chi connectivity index (χ0v) is 11.2. The van der Waals surface area contributed by atoms with Crippen LogP contribution in [0.4, 0.5) is 0 Å². The number of hydrogen-bond acceptors (Lipinski definition) is 3. The van der Waals surface area contributed by atoms with Crippen LogP contribution in [-0.4, -0.2) is 19.9 Å². The van der Waals surface area contributed by atoms with E-state index in [9.17, 15) is 0 Å². The molecule has 0 aliphatic rings. The SMILES string of the molecule is c1ccc2c(-c3ncc(-c4ncc[nH]4)cn3)cccc2c1. The minimum absolute atomic E-state index is 0.724. The van der Waals surface area contributed by atoms with Crippen molar-refractivity contribution in [2.75, 3.05) is 0 Å². The normalized spacial score (nSPS) is 10.9. The molecule has 2 aromatic carbocycles. The summed E-state index contributed by atoms with van der Waals surface area (Å²) in [4.78, 5) is 16.2. The predicted molar refractivity (Wildman–Crippen MR) is 82.6 cm³/mol. The maximum Gasteiger partial charge on any atom is 0.159 e. The molecule has 2 heterocycles. The molecule has 4 rings (SSSR count). The summed E-state index contributed by atoms with van der Waals surface area (Å²) in [7, 11) is 0. The molecule has 0 saturated heterocycles. The fourth-order valence-electron chi connectivity index (χ4n) is 2.43. The lowest BCUT2D eigenvalue weighted by atomic mass is 10.0. The summed E-state index contributed by atoms with van der Waals surface area (Å²) in [5.74, 6) is 1.50. The van der Waals surface area contributed by atoms with Crippen LogP contribution in [-0.2, 0) is 0 Å². The quantitative estimate of drug-likeness (QED) is 0.605. The molecule has 0 amide bonds. The number of aromatic amines is 1. The summed E-state index contributed by atoms with van der Waals surface area (Å²) in [6, 6.07) is 14.4. The van der Waals surface area contributed by atoms with Crippen LogP contribution in [0.5, 0.6) is 0 Å². The molecular formula is C17H12N4. The third kappa shape index (κ3) is 2.07. The fourth-order valence-corrected chi connectivity index (χ4v) is 2.43. The van der Waals surface area contributed by atoms with Crippen LogP contribution in [0.25, 0.3) is 33.5 Å². The Morgan fingerprint density at radius 1 is 0.810 bits per heavy atom. The van der Waals surface area contributed by atoms with E-state index in [-0.39, 0.29) is 0 Å². The van der Waals surface area contributed by atoms with E-state index >= 15 is 0 Å². The van der Waals surface area contributed by atoms with E-state index in [0.717, 1.165) is 28.2 Å². The molecule has 4 nitrogen and oxygen atoms in total. The second-order valence-electron chi connectivity index (χ2n) is 4.76. The summed E-state index contributed by atoms with van der Waals surface area (Å²) >= 11 is 0. The van der Waals surface area contributed by atoms with Gasteiger partial charge in [-0.3, -0.25) is 0 Å². The van der Waals surface area contributed by atoms with E-state index in [1.54, 1.807) is 24.8 Å². The Morgan fingerprint density at radius 2 is 1.62 bits per heavy atom. The Kier molecular flexibility index (Phi) is 2.71. The van der Waals surface area contributed by atoms with Gasteiger partial charge in [0.15, 0.2) is 5.82 Å². The van der Waals surface area contributed by atoms with Crippen molar-refractivity contribution < 1.29 is 0 Å². The molecule has 21 heavy (non-hydrogen) atoms. The molecule has 4 heteroatoms. The van der Waals surface area contributed by atoms with Gasteiger partial charge in [-0.05, 0) is 10.8 Å². The Labute approximate surface area is 121 Å². The molecule has 0 atom stereocenters. The standard InChI is InChI=1S/C17H12N4/c1-2-6-14-12(4-1)5-3-7-15(14)17-20-10-13(11-21-17)16-18-8-9-19-16/h1-11H,(H,18,19). The maximum atomic E-state index is 4.48. The first-order valence-electron chi connectivity index (χ1n) is 6.72. The van der Waals surface area contributed by atoms with Crippen LogP contribution in [0, 0.1) is 0 Å². The van der Waals surface area contributed by atoms with Crippen LogP contribution < -0.4 is 0 Å². The number of nitrogens with zero attached hydrogens (tertiary/aromatic N) is 3. The third-order valence-corrected chi connectivity index (χ3v) is 3.45. The number of imidazole rings is 1. The smallest absolute Gasteiger partial charge is 0.159 e. The number of aromatic nitrogens is 4. The highest BCUT2D eigenvalue weighted by atomic mass is 14.9. The van der Waals surface area contributed by atoms with Gasteiger partial charge < -0.3 is 4.98 Å². The molecule has 0 saturated carbocycles. The summed E-state index contributed by atoms with van der Waals surface area (Å²) in [6.45, 7) is 0. The Morgan fingerprint density at radius 3 is 2.43 bits per heavy atom. The summed E-state index contributed by atoms with van der Waals surface area (Å²) in [5.41, 5.74) is 1.92. The van der Waals surface area contributed by atoms with Gasteiger partial charge in [0.1, 0.15) is 5.82 Å². The molecule has 0 fully saturated rings. The third-order valence-electron chi connectivity index (χ3n) is 3.45. The minimum Gasteiger partial charge on any atom is -0.345 e. The first-order valence-corrected chi connectivity index (χ1v) is 6.72. The highest BCUT2D eigenvalue weighted by molar-refractivity contribution is 5.95. The molecule has 100 valence electrons. The Bertz CT molecular complexity index is 875. The van der Waals surface area contributed by atoms with Crippen molar-refractivity contribution in [3.05, 3.63) is 67.3 Å². The molecule has 0 bridgehead atoms. The topological polar surface area (TPSA) is 54.5 Å². The van der Waals surface area contributed by atoms with Gasteiger partial charge in [-0.2, -0.15) is 0 Å². The van der Waals surface area contributed by atoms with Crippen molar-refractivity contribution in [3.8, 4) is 22.8 Å². The largest absolute Gasteiger partial charge is 0.345 e. The van der Waals surface area contributed by atoms with Gasteiger partial charge in [0, 0.05) is 30.4 Å². The first kappa shape index (κ1) is 11.8. The minimum atomic E-state index is 0.724. The molecule has 0 aliphatic heterocycles. The number of nitrogens with one attached hydrogen (secondary N) is 1. The molecule has 0 spiro atoms. The van der Waals surface area contributed by atoms with E-state index in [1.807, 2.05) is 24.3 Å². The van der Waals surface area contributed by atoms with Crippen molar-refractivity contribution >= 4 is 10.8 Å². The number of H-pyrrole nitrogens is 1. The van der Waals surface area contributed by atoms with Crippen LogP contribution in [0.1, 0.15) is 0 Å². The molecule has 4 aromatic rings. The van der Waals surface area contributed by atoms with Gasteiger partial charge in [-0.25, -0.2) is 15.0 Å². The van der Waals surface area contributed by atoms with Crippen molar-refractivity contribution in [1.29, 1.82) is 0 Å². The zero-order valence-electron chi connectivity index (χ0n) is 11.2. The van der Waals surface area contributed by atoms with E-state index in [1.165, 1.54) is 5.39 Å². The van der Waals surface area contributed by atoms with Gasteiger partial charge in [-0.15, -0.1) is 0 Å². The summed E-state index contributed by atoms with van der Waals surface area (Å²) < 4.78 is 0. The lowest BCUT2D eigenvalue weighted by molar-refractivity contribution is 1.16. The van der Waals surface area contributed by atoms with Crippen molar-refractivity contribution in [2.24, 2.45) is 0 Å². The summed E-state index contributed by atoms with van der Waals surface area (Å²) in [6.07, 6.45) is 7.09. The van der Waals surface area contributed by atoms with Crippen LogP contribution in [0.3, 0.4) is 0 Å². The van der Waals surface area contributed by atoms with E-state index in [4.69, 9.17) is 0 Å². The second kappa shape index (κ2) is 4.83. The predicted octanol–water partition coefficient (Wildman–Crippen LogP) is 3.69. The molecule has 1 N–H and O–H groups in total. The number of rotatable bonds is 2. The Hall–Kier alpha value is -3.01. The van der Waals surface area contributed by atoms with Crippen LogP contribution >= 0.6 is 0 Å². The van der Waals surface area contributed by atoms with Gasteiger partial charge in [0.05, 0.1) is 5.56 Å². The molecule has 0 aliphatic carbocycles. The van der Waals surface area contributed by atoms with Gasteiger partial charge >= 0.3 is 0 Å². The highest BCUT2D eigenvalue weighted by Gasteiger charge is 2.07. The molecule has 2 aromatic heterocycles.